The van der Waals surface area contributed by atoms with Gasteiger partial charge in [-0.05, 0) is 12.1 Å². The zero-order valence-corrected chi connectivity index (χ0v) is 9.76. The van der Waals surface area contributed by atoms with E-state index in [-0.39, 0.29) is 11.8 Å². The summed E-state index contributed by atoms with van der Waals surface area (Å²) in [7, 11) is 0. The van der Waals surface area contributed by atoms with E-state index in [0.717, 1.165) is 12.0 Å². The van der Waals surface area contributed by atoms with Crippen molar-refractivity contribution in [2.24, 2.45) is 5.92 Å². The maximum Gasteiger partial charge on any atom is 0.230 e. The molecule has 17 heavy (non-hydrogen) atoms. The van der Waals surface area contributed by atoms with E-state index >= 15 is 0 Å². The largest absolute Gasteiger partial charge is 0.491 e. The molecule has 0 bridgehead atoms. The van der Waals surface area contributed by atoms with Gasteiger partial charge in [0.2, 0.25) is 5.91 Å². The first-order valence-corrected chi connectivity index (χ1v) is 5.70. The number of carbonyl (C=O) groups excluding carboxylic acids is 2. The van der Waals surface area contributed by atoms with Gasteiger partial charge in [0.1, 0.15) is 12.0 Å². The molecular formula is C13H15NO3. The quantitative estimate of drug-likeness (QED) is 0.745. The SMILES string of the molecule is CC(C=O)CN1C(=O)CCOc2ccccc21. The number of nitrogens with zero attached hydrogens (tertiary/aromatic N) is 1. The second-order valence-electron chi connectivity index (χ2n) is 4.18. The Morgan fingerprint density at radius 2 is 2.24 bits per heavy atom. The van der Waals surface area contributed by atoms with Gasteiger partial charge in [-0.1, -0.05) is 19.1 Å². The molecule has 1 aromatic rings. The molecule has 0 aliphatic carbocycles. The molecule has 0 spiro atoms. The predicted octanol–water partition coefficient (Wildman–Crippen LogP) is 1.64. The van der Waals surface area contributed by atoms with Crippen LogP contribution in [0.3, 0.4) is 0 Å². The molecule has 4 heteroatoms. The molecule has 1 aliphatic rings. The van der Waals surface area contributed by atoms with Gasteiger partial charge in [-0.3, -0.25) is 4.79 Å². The number of hydrogen-bond acceptors (Lipinski definition) is 3. The molecule has 1 aromatic carbocycles. The molecule has 0 saturated heterocycles. The third kappa shape index (κ3) is 2.46. The molecule has 1 heterocycles. The van der Waals surface area contributed by atoms with Crippen LogP contribution in [0, 0.1) is 5.92 Å². The predicted molar refractivity (Wildman–Crippen MR) is 64.1 cm³/mol. The van der Waals surface area contributed by atoms with Crippen LogP contribution in [0.5, 0.6) is 5.75 Å². The number of hydrogen-bond donors (Lipinski definition) is 0. The minimum absolute atomic E-state index is 0.00338. The van der Waals surface area contributed by atoms with Crippen molar-refractivity contribution in [3.63, 3.8) is 0 Å². The number of benzene rings is 1. The molecule has 90 valence electrons. The molecule has 1 aliphatic heterocycles. The highest BCUT2D eigenvalue weighted by Gasteiger charge is 2.24. The Hall–Kier alpha value is -1.84. The first-order chi connectivity index (χ1) is 8.22. The highest BCUT2D eigenvalue weighted by Crippen LogP contribution is 2.31. The van der Waals surface area contributed by atoms with Gasteiger partial charge >= 0.3 is 0 Å². The molecule has 0 aromatic heterocycles. The average molecular weight is 233 g/mol. The molecule has 0 N–H and O–H groups in total. The van der Waals surface area contributed by atoms with Gasteiger partial charge in [-0.2, -0.15) is 0 Å². The van der Waals surface area contributed by atoms with E-state index in [1.165, 1.54) is 0 Å². The third-order valence-corrected chi connectivity index (χ3v) is 2.73. The van der Waals surface area contributed by atoms with Crippen LogP contribution in [-0.4, -0.2) is 25.3 Å². The van der Waals surface area contributed by atoms with Crippen molar-refractivity contribution in [1.82, 2.24) is 0 Å². The van der Waals surface area contributed by atoms with Crippen LogP contribution in [0.1, 0.15) is 13.3 Å². The second-order valence-corrected chi connectivity index (χ2v) is 4.18. The highest BCUT2D eigenvalue weighted by molar-refractivity contribution is 5.95. The Labute approximate surface area is 100 Å². The number of para-hydroxylation sites is 2. The van der Waals surface area contributed by atoms with Crippen molar-refractivity contribution in [2.75, 3.05) is 18.1 Å². The maximum atomic E-state index is 12.0. The van der Waals surface area contributed by atoms with Crippen LogP contribution in [0.25, 0.3) is 0 Å². The van der Waals surface area contributed by atoms with E-state index in [1.807, 2.05) is 24.3 Å². The van der Waals surface area contributed by atoms with Crippen molar-refractivity contribution >= 4 is 17.9 Å². The summed E-state index contributed by atoms with van der Waals surface area (Å²) in [6.07, 6.45) is 1.21. The number of amides is 1. The number of aldehydes is 1. The maximum absolute atomic E-state index is 12.0. The smallest absolute Gasteiger partial charge is 0.230 e. The zero-order chi connectivity index (χ0) is 12.3. The Morgan fingerprint density at radius 1 is 1.47 bits per heavy atom. The lowest BCUT2D eigenvalue weighted by atomic mass is 10.1. The Kier molecular flexibility index (Phi) is 3.42. The molecule has 0 saturated carbocycles. The number of fused-ring (bicyclic) bond motifs is 1. The number of carbonyl (C=O) groups is 2. The zero-order valence-electron chi connectivity index (χ0n) is 9.76. The summed E-state index contributed by atoms with van der Waals surface area (Å²) in [5.74, 6) is 0.533. The molecule has 4 nitrogen and oxygen atoms in total. The van der Waals surface area contributed by atoms with E-state index in [1.54, 1.807) is 11.8 Å². The van der Waals surface area contributed by atoms with E-state index in [4.69, 9.17) is 4.74 Å². The fourth-order valence-corrected chi connectivity index (χ4v) is 1.85. The summed E-state index contributed by atoms with van der Waals surface area (Å²) in [6, 6.07) is 7.41. The van der Waals surface area contributed by atoms with Crippen molar-refractivity contribution < 1.29 is 14.3 Å². The lowest BCUT2D eigenvalue weighted by Crippen LogP contribution is -2.34. The molecular weight excluding hydrogens is 218 g/mol. The van der Waals surface area contributed by atoms with Gasteiger partial charge < -0.3 is 14.4 Å². The van der Waals surface area contributed by atoms with Crippen molar-refractivity contribution in [3.05, 3.63) is 24.3 Å². The van der Waals surface area contributed by atoms with Crippen molar-refractivity contribution in [1.29, 1.82) is 0 Å². The average Bonchev–Trinajstić information content (AvgIpc) is 2.50. The summed E-state index contributed by atoms with van der Waals surface area (Å²) < 4.78 is 5.51. The first-order valence-electron chi connectivity index (χ1n) is 5.70. The van der Waals surface area contributed by atoms with E-state index in [2.05, 4.69) is 0 Å². The van der Waals surface area contributed by atoms with Gasteiger partial charge in [0.05, 0.1) is 18.7 Å². The van der Waals surface area contributed by atoms with Crippen molar-refractivity contribution in [3.8, 4) is 5.75 Å². The lowest BCUT2D eigenvalue weighted by molar-refractivity contribution is -0.119. The topological polar surface area (TPSA) is 46.6 Å². The minimum atomic E-state index is -0.176. The fourth-order valence-electron chi connectivity index (χ4n) is 1.85. The summed E-state index contributed by atoms with van der Waals surface area (Å²) in [5.41, 5.74) is 0.753. The van der Waals surface area contributed by atoms with Crippen LogP contribution in [-0.2, 0) is 9.59 Å². The van der Waals surface area contributed by atoms with Gasteiger partial charge in [0.25, 0.3) is 0 Å². The van der Waals surface area contributed by atoms with E-state index in [0.29, 0.717) is 25.3 Å². The first kappa shape index (κ1) is 11.6. The monoisotopic (exact) mass is 233 g/mol. The molecule has 0 radical (unpaired) electrons. The summed E-state index contributed by atoms with van der Waals surface area (Å²) >= 11 is 0. The minimum Gasteiger partial charge on any atom is -0.491 e. The summed E-state index contributed by atoms with van der Waals surface area (Å²) in [4.78, 5) is 24.3. The Morgan fingerprint density at radius 3 is 3.00 bits per heavy atom. The Bertz CT molecular complexity index is 430. The van der Waals surface area contributed by atoms with Gasteiger partial charge in [-0.15, -0.1) is 0 Å². The molecule has 1 unspecified atom stereocenters. The van der Waals surface area contributed by atoms with Crippen molar-refractivity contribution in [2.45, 2.75) is 13.3 Å². The summed E-state index contributed by atoms with van der Waals surface area (Å²) in [5, 5.41) is 0. The molecule has 0 fully saturated rings. The van der Waals surface area contributed by atoms with Gasteiger partial charge in [-0.25, -0.2) is 0 Å². The number of anilines is 1. The Balaban J connectivity index is 2.33. The highest BCUT2D eigenvalue weighted by atomic mass is 16.5. The molecule has 1 amide bonds. The normalized spacial score (nSPS) is 16.8. The van der Waals surface area contributed by atoms with E-state index < -0.39 is 0 Å². The van der Waals surface area contributed by atoms with Crippen LogP contribution in [0.15, 0.2) is 24.3 Å². The van der Waals surface area contributed by atoms with Crippen LogP contribution >= 0.6 is 0 Å². The number of rotatable bonds is 3. The van der Waals surface area contributed by atoms with Crippen LogP contribution < -0.4 is 9.64 Å². The number of ether oxygens (including phenoxy) is 1. The van der Waals surface area contributed by atoms with Crippen LogP contribution in [0.4, 0.5) is 5.69 Å². The van der Waals surface area contributed by atoms with Crippen LogP contribution in [0.2, 0.25) is 0 Å². The van der Waals surface area contributed by atoms with E-state index in [9.17, 15) is 9.59 Å². The lowest BCUT2D eigenvalue weighted by Gasteiger charge is -2.23. The molecule has 1 atom stereocenters. The second kappa shape index (κ2) is 4.99. The standard InChI is InChI=1S/C13H15NO3/c1-10(9-15)8-14-11-4-2-3-5-12(11)17-7-6-13(14)16/h2-5,9-10H,6-8H2,1H3. The van der Waals surface area contributed by atoms with Gasteiger partial charge in [0.15, 0.2) is 0 Å². The fraction of sp³-hybridized carbons (Fsp3) is 0.385. The third-order valence-electron chi connectivity index (χ3n) is 2.73. The van der Waals surface area contributed by atoms with Gasteiger partial charge in [0, 0.05) is 12.5 Å². The summed E-state index contributed by atoms with van der Waals surface area (Å²) in [6.45, 7) is 2.60. The molecule has 2 rings (SSSR count).